The van der Waals surface area contributed by atoms with Gasteiger partial charge in [0.1, 0.15) is 22.9 Å². The van der Waals surface area contributed by atoms with Crippen LogP contribution < -0.4 is 19.1 Å². The van der Waals surface area contributed by atoms with E-state index in [-0.39, 0.29) is 0 Å². The second-order valence-corrected chi connectivity index (χ2v) is 7.78. The van der Waals surface area contributed by atoms with Crippen LogP contribution in [0.15, 0.2) is 78.5 Å². The van der Waals surface area contributed by atoms with E-state index in [0.29, 0.717) is 46.3 Å². The number of rotatable bonds is 8. The fraction of sp³-hybridized carbons (Fsp3) is 0.185. The minimum absolute atomic E-state index is 0.317. The normalized spacial score (nSPS) is 13.4. The zero-order valence-electron chi connectivity index (χ0n) is 19.6. The van der Waals surface area contributed by atoms with Crippen molar-refractivity contribution >= 4 is 23.1 Å². The highest BCUT2D eigenvalue weighted by atomic mass is 16.5. The van der Waals surface area contributed by atoms with Gasteiger partial charge in [-0.05, 0) is 35.4 Å². The van der Waals surface area contributed by atoms with E-state index in [1.807, 2.05) is 42.3 Å². The van der Waals surface area contributed by atoms with E-state index in [0.717, 1.165) is 10.5 Å². The Morgan fingerprint density at radius 3 is 2.03 bits per heavy atom. The fourth-order valence-electron chi connectivity index (χ4n) is 4.01. The summed E-state index contributed by atoms with van der Waals surface area (Å²) in [6.07, 6.45) is 0. The van der Waals surface area contributed by atoms with Crippen LogP contribution in [-0.2, 0) is 16.1 Å². The number of hydrogen-bond donors (Lipinski definition) is 0. The molecule has 1 aliphatic heterocycles. The highest BCUT2D eigenvalue weighted by molar-refractivity contribution is 6.45. The summed E-state index contributed by atoms with van der Waals surface area (Å²) in [6.45, 7) is 0.461. The van der Waals surface area contributed by atoms with Crippen molar-refractivity contribution in [2.45, 2.75) is 6.54 Å². The van der Waals surface area contributed by atoms with Crippen molar-refractivity contribution in [2.24, 2.45) is 0 Å². The van der Waals surface area contributed by atoms with Gasteiger partial charge in [-0.3, -0.25) is 9.59 Å². The third-order valence-electron chi connectivity index (χ3n) is 5.71. The lowest BCUT2D eigenvalue weighted by Gasteiger charge is -2.22. The third-order valence-corrected chi connectivity index (χ3v) is 5.71. The van der Waals surface area contributed by atoms with Crippen LogP contribution in [0.5, 0.6) is 17.2 Å². The van der Waals surface area contributed by atoms with Crippen molar-refractivity contribution in [3.8, 4) is 17.2 Å². The van der Waals surface area contributed by atoms with Crippen molar-refractivity contribution in [3.63, 3.8) is 0 Å². The summed E-state index contributed by atoms with van der Waals surface area (Å²) in [5.41, 5.74) is 2.64. The number of anilines is 1. The van der Waals surface area contributed by atoms with Crippen LogP contribution in [0.3, 0.4) is 0 Å². The molecule has 0 aliphatic carbocycles. The lowest BCUT2D eigenvalue weighted by molar-refractivity contribution is -0.120. The first-order chi connectivity index (χ1) is 16.5. The van der Waals surface area contributed by atoms with Crippen LogP contribution in [0.2, 0.25) is 0 Å². The second kappa shape index (κ2) is 9.70. The second-order valence-electron chi connectivity index (χ2n) is 7.78. The maximum absolute atomic E-state index is 13.8. The van der Waals surface area contributed by atoms with E-state index in [9.17, 15) is 9.59 Å². The van der Waals surface area contributed by atoms with Gasteiger partial charge in [0.15, 0.2) is 0 Å². The predicted octanol–water partition coefficient (Wildman–Crippen LogP) is 4.13. The first-order valence-corrected chi connectivity index (χ1v) is 10.7. The highest BCUT2D eigenvalue weighted by Gasteiger charge is 2.42. The standard InChI is InChI=1S/C27H26N2O5/c1-28(17-18-8-6-5-7-9-18)25-24(19-10-12-20(32-2)13-11-19)26(30)29(27(25)31)22-15-14-21(33-3)16-23(22)34-4/h5-16H,17H2,1-4H3. The molecule has 3 aromatic carbocycles. The van der Waals surface area contributed by atoms with Gasteiger partial charge in [0, 0.05) is 19.7 Å². The average Bonchev–Trinajstić information content (AvgIpc) is 3.13. The van der Waals surface area contributed by atoms with Gasteiger partial charge in [0.2, 0.25) is 0 Å². The van der Waals surface area contributed by atoms with Crippen molar-refractivity contribution in [1.29, 1.82) is 0 Å². The van der Waals surface area contributed by atoms with Crippen molar-refractivity contribution in [1.82, 2.24) is 4.90 Å². The molecule has 34 heavy (non-hydrogen) atoms. The number of hydrogen-bond acceptors (Lipinski definition) is 6. The van der Waals surface area contributed by atoms with Crippen LogP contribution >= 0.6 is 0 Å². The van der Waals surface area contributed by atoms with Gasteiger partial charge >= 0.3 is 0 Å². The van der Waals surface area contributed by atoms with Gasteiger partial charge in [-0.25, -0.2) is 4.90 Å². The molecule has 2 amide bonds. The summed E-state index contributed by atoms with van der Waals surface area (Å²) < 4.78 is 16.0. The number of ether oxygens (including phenoxy) is 3. The van der Waals surface area contributed by atoms with Crippen LogP contribution in [0.25, 0.3) is 5.57 Å². The number of amides is 2. The zero-order chi connectivity index (χ0) is 24.2. The van der Waals surface area contributed by atoms with Crippen molar-refractivity contribution in [3.05, 3.63) is 89.6 Å². The molecule has 0 saturated heterocycles. The van der Waals surface area contributed by atoms with E-state index in [1.165, 1.54) is 7.11 Å². The Morgan fingerprint density at radius 2 is 1.41 bits per heavy atom. The van der Waals surface area contributed by atoms with Gasteiger partial charge in [0.25, 0.3) is 11.8 Å². The lowest BCUT2D eigenvalue weighted by Crippen LogP contribution is -2.34. The summed E-state index contributed by atoms with van der Waals surface area (Å²) in [5.74, 6) is 0.742. The molecule has 1 heterocycles. The molecule has 0 bridgehead atoms. The molecule has 0 spiro atoms. The quantitative estimate of drug-likeness (QED) is 0.473. The highest BCUT2D eigenvalue weighted by Crippen LogP contribution is 2.40. The number of carbonyl (C=O) groups excluding carboxylic acids is 2. The molecule has 0 radical (unpaired) electrons. The molecule has 0 unspecified atom stereocenters. The van der Waals surface area contributed by atoms with E-state index in [1.54, 1.807) is 56.7 Å². The molecule has 3 aromatic rings. The maximum atomic E-state index is 13.8. The first-order valence-electron chi connectivity index (χ1n) is 10.7. The topological polar surface area (TPSA) is 68.3 Å². The van der Waals surface area contributed by atoms with Crippen molar-refractivity contribution in [2.75, 3.05) is 33.3 Å². The summed E-state index contributed by atoms with van der Waals surface area (Å²) in [6, 6.07) is 21.9. The number of imide groups is 1. The lowest BCUT2D eigenvalue weighted by atomic mass is 10.0. The zero-order valence-corrected chi connectivity index (χ0v) is 19.6. The molecule has 0 atom stereocenters. The monoisotopic (exact) mass is 458 g/mol. The number of carbonyl (C=O) groups is 2. The average molecular weight is 459 g/mol. The van der Waals surface area contributed by atoms with Gasteiger partial charge in [0.05, 0.1) is 32.6 Å². The van der Waals surface area contributed by atoms with Gasteiger partial charge in [-0.2, -0.15) is 0 Å². The summed E-state index contributed by atoms with van der Waals surface area (Å²) in [5, 5.41) is 0. The molecule has 4 rings (SSSR count). The van der Waals surface area contributed by atoms with Crippen LogP contribution in [0.1, 0.15) is 11.1 Å². The van der Waals surface area contributed by atoms with Crippen molar-refractivity contribution < 1.29 is 23.8 Å². The largest absolute Gasteiger partial charge is 0.497 e. The summed E-state index contributed by atoms with van der Waals surface area (Å²) >= 11 is 0. The van der Waals surface area contributed by atoms with Crippen LogP contribution in [0.4, 0.5) is 5.69 Å². The van der Waals surface area contributed by atoms with Gasteiger partial charge < -0.3 is 19.1 Å². The Morgan fingerprint density at radius 1 is 0.765 bits per heavy atom. The number of benzene rings is 3. The summed E-state index contributed by atoms with van der Waals surface area (Å²) in [7, 11) is 6.42. The number of likely N-dealkylation sites (N-methyl/N-ethyl adjacent to an activating group) is 1. The fourth-order valence-corrected chi connectivity index (χ4v) is 4.01. The van der Waals surface area contributed by atoms with E-state index < -0.39 is 11.8 Å². The Labute approximate surface area is 198 Å². The Kier molecular flexibility index (Phi) is 6.54. The minimum atomic E-state index is -0.423. The Hall–Kier alpha value is -4.26. The number of methoxy groups -OCH3 is 3. The molecule has 0 aromatic heterocycles. The van der Waals surface area contributed by atoms with Crippen LogP contribution in [-0.4, -0.2) is 45.1 Å². The summed E-state index contributed by atoms with van der Waals surface area (Å²) in [4.78, 5) is 30.5. The maximum Gasteiger partial charge on any atom is 0.282 e. The van der Waals surface area contributed by atoms with Gasteiger partial charge in [-0.1, -0.05) is 42.5 Å². The Balaban J connectivity index is 1.81. The first kappa shape index (κ1) is 22.9. The molecule has 7 nitrogen and oxygen atoms in total. The molecule has 174 valence electrons. The molecule has 0 fully saturated rings. The molecular weight excluding hydrogens is 432 g/mol. The third kappa shape index (κ3) is 4.20. The van der Waals surface area contributed by atoms with Gasteiger partial charge in [-0.15, -0.1) is 0 Å². The smallest absolute Gasteiger partial charge is 0.282 e. The number of nitrogens with zero attached hydrogens (tertiary/aromatic N) is 2. The molecule has 1 aliphatic rings. The van der Waals surface area contributed by atoms with Crippen LogP contribution in [0, 0.1) is 0 Å². The molecule has 0 saturated carbocycles. The molecular formula is C27H26N2O5. The SMILES string of the molecule is COc1ccc(C2=C(N(C)Cc3ccccc3)C(=O)N(c3ccc(OC)cc3OC)C2=O)cc1. The minimum Gasteiger partial charge on any atom is -0.497 e. The van der Waals surface area contributed by atoms with E-state index >= 15 is 0 Å². The predicted molar refractivity (Wildman–Crippen MR) is 130 cm³/mol. The molecule has 0 N–H and O–H groups in total. The van der Waals surface area contributed by atoms with E-state index in [4.69, 9.17) is 14.2 Å². The molecule has 7 heteroatoms. The Bertz CT molecular complexity index is 1240. The van der Waals surface area contributed by atoms with E-state index in [2.05, 4.69) is 0 Å².